The fourth-order valence-electron chi connectivity index (χ4n) is 3.00. The lowest BCUT2D eigenvalue weighted by Gasteiger charge is -2.33. The van der Waals surface area contributed by atoms with Crippen LogP contribution in [0, 0.1) is 5.82 Å². The molecule has 134 valence electrons. The van der Waals surface area contributed by atoms with Crippen molar-refractivity contribution < 1.29 is 23.7 Å². The maximum absolute atomic E-state index is 13.1. The first-order valence-electron chi connectivity index (χ1n) is 8.14. The second-order valence-electron chi connectivity index (χ2n) is 5.98. The molecule has 1 N–H and O–H groups in total. The van der Waals surface area contributed by atoms with Gasteiger partial charge in [0.25, 0.3) is 0 Å². The van der Waals surface area contributed by atoms with E-state index < -0.39 is 0 Å². The number of aromatic hydroxyl groups is 1. The van der Waals surface area contributed by atoms with Crippen molar-refractivity contribution in [3.05, 3.63) is 53.3 Å². The van der Waals surface area contributed by atoms with Crippen LogP contribution in [0.3, 0.4) is 0 Å². The van der Waals surface area contributed by atoms with Gasteiger partial charge in [-0.3, -0.25) is 4.90 Å². The van der Waals surface area contributed by atoms with Crippen molar-refractivity contribution in [1.82, 2.24) is 4.90 Å². The van der Waals surface area contributed by atoms with Crippen LogP contribution in [-0.2, 0) is 11.3 Å². The van der Waals surface area contributed by atoms with Crippen LogP contribution >= 0.6 is 0 Å². The Balaban J connectivity index is 1.73. The summed E-state index contributed by atoms with van der Waals surface area (Å²) < 4.78 is 29.4. The molecule has 0 amide bonds. The number of phenolic OH excluding ortho intramolecular Hbond substituents is 1. The summed E-state index contributed by atoms with van der Waals surface area (Å²) in [6.45, 7) is 2.56. The molecule has 0 aliphatic carbocycles. The minimum Gasteiger partial charge on any atom is -0.507 e. The third-order valence-electron chi connectivity index (χ3n) is 4.37. The van der Waals surface area contributed by atoms with Crippen molar-refractivity contribution in [3.63, 3.8) is 0 Å². The first-order chi connectivity index (χ1) is 12.1. The van der Waals surface area contributed by atoms with Gasteiger partial charge in [-0.2, -0.15) is 0 Å². The minimum atomic E-state index is -0.258. The maximum Gasteiger partial charge on any atom is 0.164 e. The van der Waals surface area contributed by atoms with Gasteiger partial charge >= 0.3 is 0 Å². The monoisotopic (exact) mass is 347 g/mol. The van der Waals surface area contributed by atoms with Crippen molar-refractivity contribution in [2.75, 3.05) is 33.9 Å². The topological polar surface area (TPSA) is 51.2 Å². The van der Waals surface area contributed by atoms with Crippen LogP contribution in [0.4, 0.5) is 4.39 Å². The third kappa shape index (κ3) is 4.03. The van der Waals surface area contributed by atoms with E-state index in [9.17, 15) is 9.50 Å². The molecule has 0 radical (unpaired) electrons. The number of morpholine rings is 1. The molecule has 0 aromatic heterocycles. The fraction of sp³-hybridized carbons (Fsp3) is 0.368. The minimum absolute atomic E-state index is 0.114. The summed E-state index contributed by atoms with van der Waals surface area (Å²) in [5.74, 6) is 0.989. The second kappa shape index (κ2) is 7.72. The van der Waals surface area contributed by atoms with Crippen LogP contribution in [-0.4, -0.2) is 43.9 Å². The smallest absolute Gasteiger partial charge is 0.164 e. The largest absolute Gasteiger partial charge is 0.507 e. The van der Waals surface area contributed by atoms with E-state index in [-0.39, 0.29) is 17.7 Å². The molecular weight excluding hydrogens is 325 g/mol. The van der Waals surface area contributed by atoms with Gasteiger partial charge in [-0.25, -0.2) is 4.39 Å². The maximum atomic E-state index is 13.1. The van der Waals surface area contributed by atoms with Gasteiger partial charge < -0.3 is 19.3 Å². The lowest BCUT2D eigenvalue weighted by molar-refractivity contribution is -0.0331. The fourth-order valence-corrected chi connectivity index (χ4v) is 3.00. The molecule has 3 rings (SSSR count). The van der Waals surface area contributed by atoms with Gasteiger partial charge in [0.1, 0.15) is 11.6 Å². The Morgan fingerprint density at radius 3 is 2.52 bits per heavy atom. The number of hydrogen-bond donors (Lipinski definition) is 1. The highest BCUT2D eigenvalue weighted by molar-refractivity contribution is 5.50. The Hall–Kier alpha value is -2.31. The predicted octanol–water partition coefficient (Wildman–Crippen LogP) is 3.12. The molecule has 0 saturated carbocycles. The zero-order valence-corrected chi connectivity index (χ0v) is 14.4. The molecule has 1 aliphatic rings. The standard InChI is InChI=1S/C19H22FNO4/c1-23-17-9-14(16(22)10-18(17)24-2)11-21-7-8-25-19(12-21)13-3-5-15(20)6-4-13/h3-6,9-10,19,22H,7-8,11-12H2,1-2H3. The number of rotatable bonds is 5. The Bertz CT molecular complexity index is 720. The zero-order valence-electron chi connectivity index (χ0n) is 14.4. The highest BCUT2D eigenvalue weighted by Gasteiger charge is 2.23. The SMILES string of the molecule is COc1cc(O)c(CN2CCOC(c3ccc(F)cc3)C2)cc1OC. The molecule has 0 spiro atoms. The van der Waals surface area contributed by atoms with Crippen molar-refractivity contribution in [1.29, 1.82) is 0 Å². The molecule has 1 heterocycles. The predicted molar refractivity (Wildman–Crippen MR) is 91.6 cm³/mol. The number of phenols is 1. The molecule has 2 aromatic rings. The summed E-state index contributed by atoms with van der Waals surface area (Å²) in [6.07, 6.45) is -0.114. The molecule has 6 heteroatoms. The van der Waals surface area contributed by atoms with Gasteiger partial charge in [-0.1, -0.05) is 12.1 Å². The molecule has 1 fully saturated rings. The molecule has 2 aromatic carbocycles. The summed E-state index contributed by atoms with van der Waals surface area (Å²) >= 11 is 0. The van der Waals surface area contributed by atoms with Crippen LogP contribution in [0.15, 0.2) is 36.4 Å². The lowest BCUT2D eigenvalue weighted by Crippen LogP contribution is -2.37. The van der Waals surface area contributed by atoms with E-state index in [2.05, 4.69) is 4.90 Å². The van der Waals surface area contributed by atoms with Crippen molar-refractivity contribution in [3.8, 4) is 17.2 Å². The van der Waals surface area contributed by atoms with E-state index in [1.807, 2.05) is 0 Å². The van der Waals surface area contributed by atoms with E-state index in [0.29, 0.717) is 31.2 Å². The van der Waals surface area contributed by atoms with E-state index >= 15 is 0 Å². The normalized spacial score (nSPS) is 18.1. The molecule has 1 saturated heterocycles. The summed E-state index contributed by atoms with van der Waals surface area (Å²) in [4.78, 5) is 2.19. The highest BCUT2D eigenvalue weighted by atomic mass is 19.1. The number of ether oxygens (including phenoxy) is 3. The quantitative estimate of drug-likeness (QED) is 0.901. The van der Waals surface area contributed by atoms with Crippen LogP contribution in [0.2, 0.25) is 0 Å². The molecular formula is C19H22FNO4. The zero-order chi connectivity index (χ0) is 17.8. The van der Waals surface area contributed by atoms with Gasteiger partial charge in [0.2, 0.25) is 0 Å². The summed E-state index contributed by atoms with van der Waals surface area (Å²) in [5, 5.41) is 10.3. The average Bonchev–Trinajstić information content (AvgIpc) is 2.64. The highest BCUT2D eigenvalue weighted by Crippen LogP contribution is 2.35. The van der Waals surface area contributed by atoms with Crippen LogP contribution < -0.4 is 9.47 Å². The van der Waals surface area contributed by atoms with Crippen molar-refractivity contribution in [2.45, 2.75) is 12.6 Å². The van der Waals surface area contributed by atoms with Gasteiger partial charge in [-0.15, -0.1) is 0 Å². The third-order valence-corrected chi connectivity index (χ3v) is 4.37. The Kier molecular flexibility index (Phi) is 5.40. The van der Waals surface area contributed by atoms with Gasteiger partial charge in [0.05, 0.1) is 26.9 Å². The average molecular weight is 347 g/mol. The molecule has 1 aliphatic heterocycles. The second-order valence-corrected chi connectivity index (χ2v) is 5.98. The number of halogens is 1. The number of nitrogens with zero attached hydrogens (tertiary/aromatic N) is 1. The number of benzene rings is 2. The summed E-state index contributed by atoms with van der Waals surface area (Å²) in [5.41, 5.74) is 1.71. The van der Waals surface area contributed by atoms with Gasteiger partial charge in [0, 0.05) is 31.3 Å². The Morgan fingerprint density at radius 1 is 1.16 bits per heavy atom. The first-order valence-corrected chi connectivity index (χ1v) is 8.14. The van der Waals surface area contributed by atoms with Crippen molar-refractivity contribution >= 4 is 0 Å². The Morgan fingerprint density at radius 2 is 1.84 bits per heavy atom. The molecule has 1 atom stereocenters. The van der Waals surface area contributed by atoms with E-state index in [4.69, 9.17) is 14.2 Å². The van der Waals surface area contributed by atoms with Crippen molar-refractivity contribution in [2.24, 2.45) is 0 Å². The van der Waals surface area contributed by atoms with Gasteiger partial charge in [-0.05, 0) is 23.8 Å². The van der Waals surface area contributed by atoms with E-state index in [0.717, 1.165) is 17.7 Å². The molecule has 25 heavy (non-hydrogen) atoms. The first kappa shape index (κ1) is 17.5. The van der Waals surface area contributed by atoms with E-state index in [1.165, 1.54) is 19.2 Å². The molecule has 5 nitrogen and oxygen atoms in total. The lowest BCUT2D eigenvalue weighted by atomic mass is 10.1. The van der Waals surface area contributed by atoms with Crippen LogP contribution in [0.5, 0.6) is 17.2 Å². The summed E-state index contributed by atoms with van der Waals surface area (Å²) in [6, 6.07) is 9.73. The number of methoxy groups -OCH3 is 2. The summed E-state index contributed by atoms with van der Waals surface area (Å²) in [7, 11) is 3.10. The van der Waals surface area contributed by atoms with Crippen LogP contribution in [0.25, 0.3) is 0 Å². The van der Waals surface area contributed by atoms with Crippen LogP contribution in [0.1, 0.15) is 17.2 Å². The van der Waals surface area contributed by atoms with Gasteiger partial charge in [0.15, 0.2) is 11.5 Å². The van der Waals surface area contributed by atoms with E-state index in [1.54, 1.807) is 31.4 Å². The molecule has 0 bridgehead atoms. The Labute approximate surface area is 146 Å². The number of hydrogen-bond acceptors (Lipinski definition) is 5. The molecule has 1 unspecified atom stereocenters.